The molecule has 214 valence electrons. The fraction of sp³-hybridized carbons (Fsp3) is 0.367. The van der Waals surface area contributed by atoms with Gasteiger partial charge < -0.3 is 20.7 Å². The first-order chi connectivity index (χ1) is 19.7. The lowest BCUT2D eigenvalue weighted by molar-refractivity contribution is 0.205. The van der Waals surface area contributed by atoms with Gasteiger partial charge in [-0.3, -0.25) is 0 Å². The summed E-state index contributed by atoms with van der Waals surface area (Å²) < 4.78 is 16.2. The second-order valence-electron chi connectivity index (χ2n) is 10.7. The molecule has 0 spiro atoms. The number of amidine groups is 1. The van der Waals surface area contributed by atoms with Crippen LogP contribution < -0.4 is 11.1 Å². The highest BCUT2D eigenvalue weighted by Gasteiger charge is 2.26. The maximum absolute atomic E-state index is 14.1. The molecule has 1 saturated carbocycles. The number of hydrogen-bond donors (Lipinski definition) is 3. The van der Waals surface area contributed by atoms with Crippen molar-refractivity contribution in [2.45, 2.75) is 58.5 Å². The van der Waals surface area contributed by atoms with Crippen molar-refractivity contribution in [3.63, 3.8) is 0 Å². The summed E-state index contributed by atoms with van der Waals surface area (Å²) >= 11 is 6.36. The summed E-state index contributed by atoms with van der Waals surface area (Å²) in [6.07, 6.45) is 3.73. The maximum atomic E-state index is 14.1. The van der Waals surface area contributed by atoms with Gasteiger partial charge in [0.25, 0.3) is 0 Å². The Morgan fingerprint density at radius 3 is 2.61 bits per heavy atom. The van der Waals surface area contributed by atoms with E-state index in [9.17, 15) is 14.3 Å². The SMILES string of the molecule is CC[C@H](Nc1nc2nc(/C(N)=N/C(=O)O)nc(-c3cccc(Cl)c3)c2n1CC1CCC(C)CC1)c1cccc(F)c1. The molecular formula is C30H33ClFN7O2. The molecule has 41 heavy (non-hydrogen) atoms. The lowest BCUT2D eigenvalue weighted by atomic mass is 9.83. The van der Waals surface area contributed by atoms with E-state index in [1.165, 1.54) is 12.1 Å². The fourth-order valence-electron chi connectivity index (χ4n) is 5.50. The number of nitrogens with zero attached hydrogens (tertiary/aromatic N) is 5. The first-order valence-corrected chi connectivity index (χ1v) is 14.2. The molecule has 0 unspecified atom stereocenters. The van der Waals surface area contributed by atoms with Crippen molar-refractivity contribution in [3.05, 3.63) is 70.8 Å². The second kappa shape index (κ2) is 12.2. The summed E-state index contributed by atoms with van der Waals surface area (Å²) in [4.78, 5) is 28.8. The number of aliphatic imine (C=N–C) groups is 1. The number of benzene rings is 2. The summed E-state index contributed by atoms with van der Waals surface area (Å²) in [6.45, 7) is 4.99. The van der Waals surface area contributed by atoms with Crippen LogP contribution in [0.2, 0.25) is 5.02 Å². The summed E-state index contributed by atoms with van der Waals surface area (Å²) in [5, 5.41) is 13.2. The van der Waals surface area contributed by atoms with Crippen molar-refractivity contribution >= 4 is 40.6 Å². The monoisotopic (exact) mass is 577 g/mol. The van der Waals surface area contributed by atoms with Gasteiger partial charge in [0.1, 0.15) is 17.0 Å². The second-order valence-corrected chi connectivity index (χ2v) is 11.1. The average molecular weight is 578 g/mol. The number of rotatable bonds is 8. The number of nitrogens with one attached hydrogen (secondary N) is 1. The Morgan fingerprint density at radius 1 is 1.17 bits per heavy atom. The highest BCUT2D eigenvalue weighted by molar-refractivity contribution is 6.30. The van der Waals surface area contributed by atoms with Crippen LogP contribution in [0, 0.1) is 17.7 Å². The van der Waals surface area contributed by atoms with Crippen LogP contribution in [-0.2, 0) is 6.54 Å². The van der Waals surface area contributed by atoms with E-state index in [-0.39, 0.29) is 23.5 Å². The Balaban J connectivity index is 1.71. The van der Waals surface area contributed by atoms with E-state index in [1.54, 1.807) is 18.2 Å². The van der Waals surface area contributed by atoms with E-state index < -0.39 is 6.09 Å². The molecule has 4 aromatic rings. The molecule has 1 aliphatic rings. The first-order valence-electron chi connectivity index (χ1n) is 13.9. The van der Waals surface area contributed by atoms with Gasteiger partial charge in [0.2, 0.25) is 5.95 Å². The minimum absolute atomic E-state index is 0.0465. The molecule has 4 N–H and O–H groups in total. The van der Waals surface area contributed by atoms with Gasteiger partial charge in [-0.1, -0.05) is 62.6 Å². The number of nitrogens with two attached hydrogens (primary N) is 1. The largest absolute Gasteiger partial charge is 0.463 e. The van der Waals surface area contributed by atoms with Gasteiger partial charge in [0.15, 0.2) is 17.3 Å². The Hall–Kier alpha value is -4.05. The number of amides is 1. The van der Waals surface area contributed by atoms with Crippen molar-refractivity contribution in [2.24, 2.45) is 22.6 Å². The highest BCUT2D eigenvalue weighted by Crippen LogP contribution is 2.36. The van der Waals surface area contributed by atoms with Gasteiger partial charge in [-0.15, -0.1) is 0 Å². The maximum Gasteiger partial charge on any atom is 0.433 e. The van der Waals surface area contributed by atoms with Crippen LogP contribution in [0.3, 0.4) is 0 Å². The zero-order chi connectivity index (χ0) is 29.1. The molecule has 5 rings (SSSR count). The van der Waals surface area contributed by atoms with Crippen molar-refractivity contribution < 1.29 is 14.3 Å². The van der Waals surface area contributed by atoms with Gasteiger partial charge in [0.05, 0.1) is 6.04 Å². The molecule has 1 fully saturated rings. The number of carbonyl (C=O) groups is 1. The van der Waals surface area contributed by atoms with Gasteiger partial charge in [-0.25, -0.2) is 19.2 Å². The third kappa shape index (κ3) is 6.48. The predicted molar refractivity (Wildman–Crippen MR) is 159 cm³/mol. The Morgan fingerprint density at radius 2 is 1.93 bits per heavy atom. The molecule has 2 aromatic heterocycles. The standard InChI is InChI=1S/C30H33ClFN7O2/c1-3-23(19-6-5-9-22(32)15-19)34-29-38-27-25(39(29)16-18-12-10-17(2)11-13-18)24(20-7-4-8-21(31)14-20)35-28(37-27)26(33)36-30(40)41/h4-9,14-15,17-18,23H,3,10-13,16H2,1-2H3,(H2,33,36)(H,40,41)(H,34,35,37,38)/t17?,18?,23-/m0/s1. The van der Waals surface area contributed by atoms with Crippen molar-refractivity contribution in [1.82, 2.24) is 19.5 Å². The van der Waals surface area contributed by atoms with E-state index in [2.05, 4.69) is 31.8 Å². The minimum Gasteiger partial charge on any atom is -0.463 e. The molecule has 0 radical (unpaired) electrons. The highest BCUT2D eigenvalue weighted by atomic mass is 35.5. The smallest absolute Gasteiger partial charge is 0.433 e. The first kappa shape index (κ1) is 28.5. The average Bonchev–Trinajstić information content (AvgIpc) is 3.28. The lowest BCUT2D eigenvalue weighted by Gasteiger charge is -2.28. The third-order valence-corrected chi connectivity index (χ3v) is 7.92. The van der Waals surface area contributed by atoms with Crippen LogP contribution >= 0.6 is 11.6 Å². The van der Waals surface area contributed by atoms with E-state index in [0.29, 0.717) is 58.2 Å². The molecule has 2 heterocycles. The van der Waals surface area contributed by atoms with Gasteiger partial charge >= 0.3 is 6.09 Å². The van der Waals surface area contributed by atoms with Crippen LogP contribution in [0.4, 0.5) is 15.1 Å². The molecule has 9 nitrogen and oxygen atoms in total. The number of aromatic nitrogens is 4. The van der Waals surface area contributed by atoms with Crippen molar-refractivity contribution in [2.75, 3.05) is 5.32 Å². The van der Waals surface area contributed by atoms with Crippen LogP contribution in [0.5, 0.6) is 0 Å². The summed E-state index contributed by atoms with van der Waals surface area (Å²) in [5.74, 6) is 1.00. The Labute approximate surface area is 242 Å². The third-order valence-electron chi connectivity index (χ3n) is 7.69. The fourth-order valence-corrected chi connectivity index (χ4v) is 5.69. The van der Waals surface area contributed by atoms with Gasteiger partial charge in [-0.05, 0) is 60.9 Å². The molecule has 0 aliphatic heterocycles. The number of imidazole rings is 1. The molecule has 0 saturated heterocycles. The van der Waals surface area contributed by atoms with Crippen LogP contribution in [0.1, 0.15) is 63.4 Å². The number of carboxylic acid groups (broad SMARTS) is 1. The summed E-state index contributed by atoms with van der Waals surface area (Å²) in [6, 6.07) is 13.6. The van der Waals surface area contributed by atoms with Gasteiger partial charge in [0, 0.05) is 17.1 Å². The topological polar surface area (TPSA) is 131 Å². The zero-order valence-electron chi connectivity index (χ0n) is 23.0. The zero-order valence-corrected chi connectivity index (χ0v) is 23.8. The summed E-state index contributed by atoms with van der Waals surface area (Å²) in [5.41, 5.74) is 9.03. The lowest BCUT2D eigenvalue weighted by Crippen LogP contribution is -2.21. The van der Waals surface area contributed by atoms with E-state index >= 15 is 0 Å². The van der Waals surface area contributed by atoms with E-state index in [4.69, 9.17) is 22.3 Å². The molecule has 0 bridgehead atoms. The molecule has 1 amide bonds. The van der Waals surface area contributed by atoms with Gasteiger partial charge in [-0.2, -0.15) is 9.98 Å². The predicted octanol–water partition coefficient (Wildman–Crippen LogP) is 7.06. The minimum atomic E-state index is -1.45. The van der Waals surface area contributed by atoms with Crippen LogP contribution in [-0.4, -0.2) is 36.6 Å². The normalized spacial score (nSPS) is 18.4. The van der Waals surface area contributed by atoms with Crippen molar-refractivity contribution in [3.8, 4) is 11.3 Å². The quantitative estimate of drug-likeness (QED) is 0.151. The number of anilines is 1. The molecular weight excluding hydrogens is 545 g/mol. The molecule has 2 aromatic carbocycles. The Kier molecular flexibility index (Phi) is 8.49. The number of hydrogen-bond acceptors (Lipinski definition) is 5. The van der Waals surface area contributed by atoms with E-state index in [0.717, 1.165) is 31.2 Å². The van der Waals surface area contributed by atoms with Crippen molar-refractivity contribution in [1.29, 1.82) is 0 Å². The molecule has 1 aliphatic carbocycles. The van der Waals surface area contributed by atoms with Crippen LogP contribution in [0.25, 0.3) is 22.4 Å². The van der Waals surface area contributed by atoms with Crippen LogP contribution in [0.15, 0.2) is 53.5 Å². The number of fused-ring (bicyclic) bond motifs is 1. The molecule has 11 heteroatoms. The number of halogens is 2. The Bertz CT molecular complexity index is 1600. The molecule has 1 atom stereocenters. The summed E-state index contributed by atoms with van der Waals surface area (Å²) in [7, 11) is 0. The van der Waals surface area contributed by atoms with E-state index in [1.807, 2.05) is 25.1 Å².